The Hall–Kier alpha value is -0.630. The normalized spacial score (nSPS) is 10.7. The van der Waals surface area contributed by atoms with Crippen LogP contribution in [0.3, 0.4) is 0 Å². The Morgan fingerprint density at radius 2 is 2.00 bits per heavy atom. The standard InChI is InChI=1S/C10H14OS/c1-7(2)9-5-4-8(12-3)6-10(9)11/h4-7,11H,1-3H3. The van der Waals surface area contributed by atoms with E-state index in [0.717, 1.165) is 10.5 Å². The van der Waals surface area contributed by atoms with Crippen molar-refractivity contribution in [3.8, 4) is 5.75 Å². The molecule has 0 amide bonds. The van der Waals surface area contributed by atoms with Crippen LogP contribution in [0.15, 0.2) is 23.1 Å². The lowest BCUT2D eigenvalue weighted by atomic mass is 10.0. The van der Waals surface area contributed by atoms with Gasteiger partial charge in [0, 0.05) is 4.90 Å². The molecule has 0 heterocycles. The van der Waals surface area contributed by atoms with Crippen LogP contribution in [0, 0.1) is 0 Å². The van der Waals surface area contributed by atoms with Gasteiger partial charge in [-0.15, -0.1) is 11.8 Å². The van der Waals surface area contributed by atoms with Crippen LogP contribution in [-0.2, 0) is 0 Å². The number of phenolic OH excluding ortho intramolecular Hbond substituents is 1. The first-order chi connectivity index (χ1) is 5.65. The number of benzene rings is 1. The minimum Gasteiger partial charge on any atom is -0.508 e. The van der Waals surface area contributed by atoms with Crippen molar-refractivity contribution in [3.05, 3.63) is 23.8 Å². The van der Waals surface area contributed by atoms with Gasteiger partial charge in [0.05, 0.1) is 0 Å². The molecule has 1 N–H and O–H groups in total. The summed E-state index contributed by atoms with van der Waals surface area (Å²) in [6, 6.07) is 5.85. The number of thioether (sulfide) groups is 1. The van der Waals surface area contributed by atoms with E-state index in [9.17, 15) is 5.11 Å². The predicted molar refractivity (Wildman–Crippen MR) is 54.0 cm³/mol. The molecule has 0 spiro atoms. The van der Waals surface area contributed by atoms with Crippen LogP contribution in [0.5, 0.6) is 5.75 Å². The van der Waals surface area contributed by atoms with Gasteiger partial charge in [-0.05, 0) is 29.9 Å². The summed E-state index contributed by atoms with van der Waals surface area (Å²) in [6.07, 6.45) is 2.00. The minimum absolute atomic E-state index is 0.390. The predicted octanol–water partition coefficient (Wildman–Crippen LogP) is 3.24. The fraction of sp³-hybridized carbons (Fsp3) is 0.400. The largest absolute Gasteiger partial charge is 0.508 e. The van der Waals surface area contributed by atoms with Crippen LogP contribution in [0.25, 0.3) is 0 Å². The van der Waals surface area contributed by atoms with Crippen molar-refractivity contribution in [2.75, 3.05) is 6.26 Å². The van der Waals surface area contributed by atoms with Crippen LogP contribution in [0.4, 0.5) is 0 Å². The van der Waals surface area contributed by atoms with Crippen molar-refractivity contribution >= 4 is 11.8 Å². The molecule has 0 fully saturated rings. The highest BCUT2D eigenvalue weighted by Crippen LogP contribution is 2.29. The minimum atomic E-state index is 0.390. The average molecular weight is 182 g/mol. The topological polar surface area (TPSA) is 20.2 Å². The molecule has 1 nitrogen and oxygen atoms in total. The molecule has 0 unspecified atom stereocenters. The number of hydrogen-bond donors (Lipinski definition) is 1. The van der Waals surface area contributed by atoms with Gasteiger partial charge in [-0.25, -0.2) is 0 Å². The van der Waals surface area contributed by atoms with E-state index in [0.29, 0.717) is 11.7 Å². The monoisotopic (exact) mass is 182 g/mol. The number of rotatable bonds is 2. The Bertz CT molecular complexity index is 269. The van der Waals surface area contributed by atoms with E-state index in [1.165, 1.54) is 0 Å². The number of hydrogen-bond acceptors (Lipinski definition) is 2. The van der Waals surface area contributed by atoms with Crippen molar-refractivity contribution in [1.29, 1.82) is 0 Å². The fourth-order valence-electron chi connectivity index (χ4n) is 1.14. The first kappa shape index (κ1) is 9.46. The van der Waals surface area contributed by atoms with E-state index < -0.39 is 0 Å². The maximum atomic E-state index is 9.58. The zero-order valence-electron chi connectivity index (χ0n) is 7.66. The van der Waals surface area contributed by atoms with Crippen LogP contribution < -0.4 is 0 Å². The molecule has 0 aliphatic heterocycles. The SMILES string of the molecule is CSc1ccc(C(C)C)c(O)c1. The van der Waals surface area contributed by atoms with E-state index in [1.54, 1.807) is 11.8 Å². The molecular weight excluding hydrogens is 168 g/mol. The molecule has 0 aliphatic rings. The second kappa shape index (κ2) is 3.85. The second-order valence-electron chi connectivity index (χ2n) is 3.08. The zero-order valence-corrected chi connectivity index (χ0v) is 8.48. The summed E-state index contributed by atoms with van der Waals surface area (Å²) in [5.41, 5.74) is 1.02. The smallest absolute Gasteiger partial charge is 0.120 e. The molecule has 1 rings (SSSR count). The van der Waals surface area contributed by atoms with Gasteiger partial charge in [0.2, 0.25) is 0 Å². The van der Waals surface area contributed by atoms with Crippen molar-refractivity contribution in [2.45, 2.75) is 24.7 Å². The summed E-state index contributed by atoms with van der Waals surface area (Å²) in [7, 11) is 0. The molecular formula is C10H14OS. The van der Waals surface area contributed by atoms with E-state index in [2.05, 4.69) is 13.8 Å². The summed E-state index contributed by atoms with van der Waals surface area (Å²) in [5.74, 6) is 0.803. The van der Waals surface area contributed by atoms with Crippen molar-refractivity contribution in [2.24, 2.45) is 0 Å². The molecule has 0 aliphatic carbocycles. The maximum absolute atomic E-state index is 9.58. The molecule has 0 bridgehead atoms. The Kier molecular flexibility index (Phi) is 3.04. The first-order valence-electron chi connectivity index (χ1n) is 4.02. The maximum Gasteiger partial charge on any atom is 0.120 e. The van der Waals surface area contributed by atoms with Crippen LogP contribution >= 0.6 is 11.8 Å². The van der Waals surface area contributed by atoms with Gasteiger partial charge in [0.15, 0.2) is 0 Å². The van der Waals surface area contributed by atoms with Gasteiger partial charge in [-0.3, -0.25) is 0 Å². The lowest BCUT2D eigenvalue weighted by Gasteiger charge is -2.08. The summed E-state index contributed by atoms with van der Waals surface area (Å²) in [4.78, 5) is 1.11. The third kappa shape index (κ3) is 1.95. The lowest BCUT2D eigenvalue weighted by Crippen LogP contribution is -1.87. The number of phenols is 1. The Labute approximate surface area is 77.8 Å². The average Bonchev–Trinajstić information content (AvgIpc) is 2.03. The van der Waals surface area contributed by atoms with Crippen molar-refractivity contribution in [1.82, 2.24) is 0 Å². The number of aromatic hydroxyl groups is 1. The molecule has 2 heteroatoms. The third-order valence-electron chi connectivity index (χ3n) is 1.86. The summed E-state index contributed by atoms with van der Waals surface area (Å²) in [5, 5.41) is 9.58. The molecule has 0 atom stereocenters. The lowest BCUT2D eigenvalue weighted by molar-refractivity contribution is 0.463. The van der Waals surface area contributed by atoms with Gasteiger partial charge in [0.25, 0.3) is 0 Å². The zero-order chi connectivity index (χ0) is 9.14. The van der Waals surface area contributed by atoms with Crippen LogP contribution in [0.2, 0.25) is 0 Å². The summed E-state index contributed by atoms with van der Waals surface area (Å²) in [6.45, 7) is 4.15. The molecule has 0 aromatic heterocycles. The Morgan fingerprint density at radius 1 is 1.33 bits per heavy atom. The van der Waals surface area contributed by atoms with Crippen molar-refractivity contribution < 1.29 is 5.11 Å². The van der Waals surface area contributed by atoms with Crippen molar-refractivity contribution in [3.63, 3.8) is 0 Å². The van der Waals surface area contributed by atoms with Crippen LogP contribution in [0.1, 0.15) is 25.3 Å². The fourth-order valence-corrected chi connectivity index (χ4v) is 1.57. The molecule has 66 valence electrons. The molecule has 0 saturated carbocycles. The highest BCUT2D eigenvalue weighted by atomic mass is 32.2. The molecule has 0 radical (unpaired) electrons. The van der Waals surface area contributed by atoms with E-state index >= 15 is 0 Å². The Morgan fingerprint density at radius 3 is 2.42 bits per heavy atom. The van der Waals surface area contributed by atoms with Crippen LogP contribution in [-0.4, -0.2) is 11.4 Å². The molecule has 1 aromatic rings. The van der Waals surface area contributed by atoms with E-state index in [1.807, 2.05) is 24.5 Å². The Balaban J connectivity index is 3.03. The van der Waals surface area contributed by atoms with Gasteiger partial charge in [-0.2, -0.15) is 0 Å². The molecule has 12 heavy (non-hydrogen) atoms. The highest BCUT2D eigenvalue weighted by molar-refractivity contribution is 7.98. The van der Waals surface area contributed by atoms with Gasteiger partial charge in [0.1, 0.15) is 5.75 Å². The quantitative estimate of drug-likeness (QED) is 0.708. The molecule has 0 saturated heterocycles. The van der Waals surface area contributed by atoms with Gasteiger partial charge >= 0.3 is 0 Å². The highest BCUT2D eigenvalue weighted by Gasteiger charge is 2.05. The van der Waals surface area contributed by atoms with Gasteiger partial charge in [-0.1, -0.05) is 19.9 Å². The van der Waals surface area contributed by atoms with E-state index in [-0.39, 0.29) is 0 Å². The second-order valence-corrected chi connectivity index (χ2v) is 3.96. The summed E-state index contributed by atoms with van der Waals surface area (Å²) < 4.78 is 0. The van der Waals surface area contributed by atoms with Gasteiger partial charge < -0.3 is 5.11 Å². The third-order valence-corrected chi connectivity index (χ3v) is 2.58. The van der Waals surface area contributed by atoms with E-state index in [4.69, 9.17) is 0 Å². The summed E-state index contributed by atoms with van der Waals surface area (Å²) >= 11 is 1.64. The first-order valence-corrected chi connectivity index (χ1v) is 5.24. The molecule has 1 aromatic carbocycles.